The van der Waals surface area contributed by atoms with Gasteiger partial charge in [0.2, 0.25) is 0 Å². The third-order valence-corrected chi connectivity index (χ3v) is 1.08. The van der Waals surface area contributed by atoms with Crippen molar-refractivity contribution in [3.05, 3.63) is 16.6 Å². The van der Waals surface area contributed by atoms with E-state index in [4.69, 9.17) is 0 Å². The minimum atomic E-state index is -5.02. The number of carbonyl (C=O) groups excluding carboxylic acids is 1. The average Bonchev–Trinajstić information content (AvgIpc) is 2.34. The van der Waals surface area contributed by atoms with E-state index in [2.05, 4.69) is 4.52 Å². The molecule has 1 aromatic rings. The van der Waals surface area contributed by atoms with Crippen LogP contribution in [0.2, 0.25) is 0 Å². The van der Waals surface area contributed by atoms with Crippen LogP contribution in [0.25, 0.3) is 0 Å². The predicted molar refractivity (Wildman–Crippen MR) is 34.0 cm³/mol. The van der Waals surface area contributed by atoms with Crippen molar-refractivity contribution in [1.82, 2.24) is 5.16 Å². The van der Waals surface area contributed by atoms with Gasteiger partial charge in [-0.25, -0.2) is 0 Å². The lowest BCUT2D eigenvalue weighted by Crippen LogP contribution is -2.31. The largest absolute Gasteiger partial charge is 0.471 e. The number of aromatic amines is 1. The fourth-order valence-corrected chi connectivity index (χ4v) is 0.530. The first-order valence-electron chi connectivity index (χ1n) is 2.95. The van der Waals surface area contributed by atoms with Gasteiger partial charge in [-0.15, -0.1) is 0 Å². The summed E-state index contributed by atoms with van der Waals surface area (Å²) in [7, 11) is 0. The molecule has 0 aliphatic rings. The predicted octanol–water partition coefficient (Wildman–Crippen LogP) is 0.469. The Morgan fingerprint density at radius 2 is 2.15 bits per heavy atom. The van der Waals surface area contributed by atoms with Crippen molar-refractivity contribution < 1.29 is 22.5 Å². The quantitative estimate of drug-likeness (QED) is 0.685. The highest BCUT2D eigenvalue weighted by atomic mass is 19.4. The summed E-state index contributed by atoms with van der Waals surface area (Å²) in [6, 6.07) is 0. The van der Waals surface area contributed by atoms with Gasteiger partial charge in [0.1, 0.15) is 12.0 Å². The Balaban J connectivity index is 2.77. The van der Waals surface area contributed by atoms with Crippen molar-refractivity contribution in [1.29, 1.82) is 0 Å². The number of halogens is 3. The molecule has 13 heavy (non-hydrogen) atoms. The van der Waals surface area contributed by atoms with Crippen LogP contribution in [0, 0.1) is 0 Å². The Labute approximate surface area is 68.5 Å². The summed E-state index contributed by atoms with van der Waals surface area (Å²) in [5.74, 6) is -2.22. The summed E-state index contributed by atoms with van der Waals surface area (Å²) in [6.45, 7) is 0. The van der Waals surface area contributed by atoms with Crippen molar-refractivity contribution >= 4 is 11.6 Å². The fourth-order valence-electron chi connectivity index (χ4n) is 0.530. The topological polar surface area (TPSA) is 75.1 Å². The smallest absolute Gasteiger partial charge is 0.385 e. The van der Waals surface area contributed by atoms with E-state index in [9.17, 15) is 22.8 Å². The molecule has 1 rings (SSSR count). The zero-order valence-corrected chi connectivity index (χ0v) is 5.94. The highest BCUT2D eigenvalue weighted by Gasteiger charge is 2.39. The fraction of sp³-hybridized carbons (Fsp3) is 0.200. The monoisotopic (exact) mass is 196 g/mol. The third kappa shape index (κ3) is 2.10. The van der Waals surface area contributed by atoms with Crippen LogP contribution in [0.1, 0.15) is 0 Å². The summed E-state index contributed by atoms with van der Waals surface area (Å²) < 4.78 is 39.0. The van der Waals surface area contributed by atoms with Crippen molar-refractivity contribution in [2.45, 2.75) is 6.18 Å². The number of anilines is 1. The van der Waals surface area contributed by atoms with Crippen LogP contribution in [0.5, 0.6) is 0 Å². The van der Waals surface area contributed by atoms with Gasteiger partial charge in [0.15, 0.2) is 0 Å². The molecule has 1 aromatic heterocycles. The first-order valence-corrected chi connectivity index (χ1v) is 2.95. The number of H-pyrrole nitrogens is 1. The lowest BCUT2D eigenvalue weighted by atomic mass is 10.5. The molecule has 0 aliphatic carbocycles. The number of alkyl halides is 3. The van der Waals surface area contributed by atoms with Gasteiger partial charge < -0.3 is 9.84 Å². The van der Waals surface area contributed by atoms with Gasteiger partial charge in [-0.2, -0.15) is 18.3 Å². The molecular weight excluding hydrogens is 193 g/mol. The van der Waals surface area contributed by atoms with Crippen molar-refractivity contribution in [3.8, 4) is 0 Å². The van der Waals surface area contributed by atoms with Gasteiger partial charge in [0.25, 0.3) is 0 Å². The molecule has 0 bridgehead atoms. The van der Waals surface area contributed by atoms with Crippen molar-refractivity contribution in [2.24, 2.45) is 0 Å². The van der Waals surface area contributed by atoms with Crippen LogP contribution in [0.3, 0.4) is 0 Å². The zero-order chi connectivity index (χ0) is 10.1. The first-order chi connectivity index (χ1) is 5.91. The standard InChI is InChI=1S/C5H3F3N2O3/c6-5(7,8)4(12)9-2-1-13-10-3(2)11/h1H,(H,9,12)(H,10,11). The van der Waals surface area contributed by atoms with Gasteiger partial charge in [0, 0.05) is 0 Å². The molecule has 5 nitrogen and oxygen atoms in total. The van der Waals surface area contributed by atoms with E-state index in [1.165, 1.54) is 5.32 Å². The van der Waals surface area contributed by atoms with E-state index in [1.54, 1.807) is 5.16 Å². The van der Waals surface area contributed by atoms with Gasteiger partial charge in [-0.3, -0.25) is 9.59 Å². The first kappa shape index (κ1) is 9.36. The van der Waals surface area contributed by atoms with Crippen molar-refractivity contribution in [2.75, 3.05) is 5.32 Å². The molecule has 2 N–H and O–H groups in total. The Hall–Kier alpha value is -1.73. The van der Waals surface area contributed by atoms with Crippen LogP contribution < -0.4 is 10.9 Å². The molecule has 1 amide bonds. The number of nitrogens with one attached hydrogen (secondary N) is 2. The van der Waals surface area contributed by atoms with Crippen LogP contribution in [0.4, 0.5) is 18.9 Å². The maximum absolute atomic E-state index is 11.6. The highest BCUT2D eigenvalue weighted by Crippen LogP contribution is 2.16. The van der Waals surface area contributed by atoms with Gasteiger partial charge in [-0.1, -0.05) is 0 Å². The number of aromatic nitrogens is 1. The van der Waals surface area contributed by atoms with E-state index in [1.807, 2.05) is 0 Å². The van der Waals surface area contributed by atoms with E-state index in [-0.39, 0.29) is 0 Å². The molecule has 1 heterocycles. The van der Waals surface area contributed by atoms with Gasteiger partial charge in [0.05, 0.1) is 0 Å². The minimum Gasteiger partial charge on any atom is -0.385 e. The molecule has 0 atom stereocenters. The number of amides is 1. The van der Waals surface area contributed by atoms with Crippen LogP contribution >= 0.6 is 0 Å². The molecule has 0 unspecified atom stereocenters. The van der Waals surface area contributed by atoms with Crippen LogP contribution in [0.15, 0.2) is 15.6 Å². The van der Waals surface area contributed by atoms with Gasteiger partial charge >= 0.3 is 17.6 Å². The van der Waals surface area contributed by atoms with Gasteiger partial charge in [-0.05, 0) is 0 Å². The molecule has 8 heteroatoms. The second kappa shape index (κ2) is 2.96. The highest BCUT2D eigenvalue weighted by molar-refractivity contribution is 5.94. The van der Waals surface area contributed by atoms with Crippen molar-refractivity contribution in [3.63, 3.8) is 0 Å². The summed E-state index contributed by atoms with van der Waals surface area (Å²) in [6.07, 6.45) is -4.35. The average molecular weight is 196 g/mol. The second-order valence-corrected chi connectivity index (χ2v) is 2.03. The number of hydrogen-bond acceptors (Lipinski definition) is 3. The van der Waals surface area contributed by atoms with E-state index in [0.29, 0.717) is 6.26 Å². The molecule has 0 spiro atoms. The maximum Gasteiger partial charge on any atom is 0.471 e. The number of carbonyl (C=O) groups is 1. The minimum absolute atomic E-state index is 0.581. The molecular formula is C5H3F3N2O3. The number of rotatable bonds is 1. The summed E-state index contributed by atoms with van der Waals surface area (Å²) in [5.41, 5.74) is -1.51. The maximum atomic E-state index is 11.6. The second-order valence-electron chi connectivity index (χ2n) is 2.03. The lowest BCUT2D eigenvalue weighted by Gasteiger charge is -2.03. The Morgan fingerprint density at radius 3 is 2.54 bits per heavy atom. The number of hydrogen-bond donors (Lipinski definition) is 2. The molecule has 0 aromatic carbocycles. The third-order valence-electron chi connectivity index (χ3n) is 1.08. The van der Waals surface area contributed by atoms with E-state index >= 15 is 0 Å². The molecule has 0 saturated carbocycles. The SMILES string of the molecule is O=C(Nc1co[nH]c1=O)C(F)(F)F. The molecule has 0 saturated heterocycles. The Morgan fingerprint density at radius 1 is 1.54 bits per heavy atom. The molecule has 72 valence electrons. The normalized spacial score (nSPS) is 11.3. The molecule has 0 fully saturated rings. The summed E-state index contributed by atoms with van der Waals surface area (Å²) in [4.78, 5) is 20.8. The molecule has 0 aliphatic heterocycles. The lowest BCUT2D eigenvalue weighted by molar-refractivity contribution is -0.167. The molecule has 0 radical (unpaired) electrons. The van der Waals surface area contributed by atoms with E-state index < -0.39 is 23.3 Å². The van der Waals surface area contributed by atoms with Crippen LogP contribution in [-0.4, -0.2) is 17.2 Å². The van der Waals surface area contributed by atoms with E-state index in [0.717, 1.165) is 0 Å². The summed E-state index contributed by atoms with van der Waals surface area (Å²) in [5, 5.41) is 3.04. The Kier molecular flexibility index (Phi) is 2.13. The van der Waals surface area contributed by atoms with Crippen LogP contribution in [-0.2, 0) is 4.79 Å². The summed E-state index contributed by atoms with van der Waals surface area (Å²) >= 11 is 0. The zero-order valence-electron chi connectivity index (χ0n) is 5.94. The Bertz CT molecular complexity index is 364.